The summed E-state index contributed by atoms with van der Waals surface area (Å²) in [6, 6.07) is 0.0816. The topological polar surface area (TPSA) is 48.1 Å². The van der Waals surface area contributed by atoms with Gasteiger partial charge in [-0.25, -0.2) is 4.98 Å². The number of thiazole rings is 1. The summed E-state index contributed by atoms with van der Waals surface area (Å²) in [6.45, 7) is 2.53. The summed E-state index contributed by atoms with van der Waals surface area (Å²) in [5.41, 5.74) is 5.65. The molecular weight excluding hydrogens is 160 g/mol. The zero-order valence-electron chi connectivity index (χ0n) is 6.70. The quantitative estimate of drug-likeness (QED) is 0.747. The van der Waals surface area contributed by atoms with Gasteiger partial charge in [0.05, 0.1) is 6.61 Å². The van der Waals surface area contributed by atoms with Crippen LogP contribution in [0, 0.1) is 0 Å². The Balaban J connectivity index is 2.66. The zero-order valence-corrected chi connectivity index (χ0v) is 7.52. The number of ether oxygens (including phenoxy) is 1. The summed E-state index contributed by atoms with van der Waals surface area (Å²) >= 11 is 1.60. The maximum Gasteiger partial charge on any atom is 0.119 e. The molecule has 1 unspecified atom stereocenters. The highest BCUT2D eigenvalue weighted by atomic mass is 32.1. The Hall–Kier alpha value is -0.450. The van der Waals surface area contributed by atoms with Crippen LogP contribution in [0.4, 0.5) is 0 Å². The van der Waals surface area contributed by atoms with Crippen LogP contribution < -0.4 is 5.73 Å². The van der Waals surface area contributed by atoms with Gasteiger partial charge in [0.15, 0.2) is 0 Å². The molecule has 62 valence electrons. The van der Waals surface area contributed by atoms with Crippen LogP contribution in [0.1, 0.15) is 22.9 Å². The predicted octanol–water partition coefficient (Wildman–Crippen LogP) is 1.31. The van der Waals surface area contributed by atoms with E-state index in [0.717, 1.165) is 9.88 Å². The number of hydrogen-bond donors (Lipinski definition) is 1. The molecule has 0 spiro atoms. The molecular formula is C7H12N2OS. The number of nitrogens with zero attached hydrogens (tertiary/aromatic N) is 1. The standard InChI is InChI=1S/C7H12N2OS/c1-5(8)6-3-9-7(11-6)4-10-2/h3,5H,4,8H2,1-2H3. The third kappa shape index (κ3) is 2.25. The summed E-state index contributed by atoms with van der Waals surface area (Å²) in [5, 5.41) is 0.986. The van der Waals surface area contributed by atoms with Gasteiger partial charge in [0.1, 0.15) is 5.01 Å². The molecule has 0 aliphatic carbocycles. The number of hydrogen-bond acceptors (Lipinski definition) is 4. The molecule has 0 aliphatic heterocycles. The van der Waals surface area contributed by atoms with Gasteiger partial charge in [-0.2, -0.15) is 0 Å². The van der Waals surface area contributed by atoms with Crippen molar-refractivity contribution in [3.05, 3.63) is 16.1 Å². The van der Waals surface area contributed by atoms with Gasteiger partial charge in [0, 0.05) is 24.2 Å². The summed E-state index contributed by atoms with van der Waals surface area (Å²) in [6.07, 6.45) is 1.81. The van der Waals surface area contributed by atoms with E-state index in [1.165, 1.54) is 0 Å². The molecule has 0 saturated carbocycles. The van der Waals surface area contributed by atoms with Crippen molar-refractivity contribution in [1.29, 1.82) is 0 Å². The highest BCUT2D eigenvalue weighted by Gasteiger charge is 2.04. The van der Waals surface area contributed by atoms with Crippen molar-refractivity contribution in [2.45, 2.75) is 19.6 Å². The Bertz CT molecular complexity index is 222. The van der Waals surface area contributed by atoms with Crippen LogP contribution in [0.15, 0.2) is 6.20 Å². The van der Waals surface area contributed by atoms with Gasteiger partial charge in [-0.15, -0.1) is 11.3 Å². The van der Waals surface area contributed by atoms with Crippen LogP contribution in [0.2, 0.25) is 0 Å². The second kappa shape index (κ2) is 3.80. The molecule has 0 fully saturated rings. The van der Waals surface area contributed by atoms with E-state index in [0.29, 0.717) is 6.61 Å². The van der Waals surface area contributed by atoms with E-state index in [1.54, 1.807) is 18.4 Å². The lowest BCUT2D eigenvalue weighted by molar-refractivity contribution is 0.184. The van der Waals surface area contributed by atoms with Gasteiger partial charge in [0.25, 0.3) is 0 Å². The highest BCUT2D eigenvalue weighted by Crippen LogP contribution is 2.18. The monoisotopic (exact) mass is 172 g/mol. The third-order valence-corrected chi connectivity index (χ3v) is 2.46. The first-order chi connectivity index (χ1) is 5.24. The molecule has 0 amide bonds. The van der Waals surface area contributed by atoms with Crippen molar-refractivity contribution in [1.82, 2.24) is 4.98 Å². The van der Waals surface area contributed by atoms with E-state index in [1.807, 2.05) is 13.1 Å². The molecule has 0 bridgehead atoms. The average Bonchev–Trinajstić information content (AvgIpc) is 2.37. The summed E-state index contributed by atoms with van der Waals surface area (Å²) in [5.74, 6) is 0. The van der Waals surface area contributed by atoms with Gasteiger partial charge < -0.3 is 10.5 Å². The van der Waals surface area contributed by atoms with Crippen molar-refractivity contribution in [2.24, 2.45) is 5.73 Å². The fourth-order valence-electron chi connectivity index (χ4n) is 0.725. The first-order valence-corrected chi connectivity index (χ1v) is 4.25. The van der Waals surface area contributed by atoms with Gasteiger partial charge >= 0.3 is 0 Å². The predicted molar refractivity (Wildman–Crippen MR) is 45.4 cm³/mol. The molecule has 1 heterocycles. The summed E-state index contributed by atoms with van der Waals surface area (Å²) in [7, 11) is 1.66. The molecule has 1 atom stereocenters. The van der Waals surface area contributed by atoms with Crippen molar-refractivity contribution in [2.75, 3.05) is 7.11 Å². The van der Waals surface area contributed by atoms with Crippen LogP contribution in [0.25, 0.3) is 0 Å². The van der Waals surface area contributed by atoms with E-state index in [2.05, 4.69) is 4.98 Å². The lowest BCUT2D eigenvalue weighted by Gasteiger charge is -1.96. The van der Waals surface area contributed by atoms with Crippen molar-refractivity contribution in [3.8, 4) is 0 Å². The molecule has 0 radical (unpaired) electrons. The second-order valence-corrected chi connectivity index (χ2v) is 3.52. The molecule has 3 nitrogen and oxygen atoms in total. The van der Waals surface area contributed by atoms with Crippen LogP contribution in [0.3, 0.4) is 0 Å². The molecule has 0 aromatic carbocycles. The molecule has 2 N–H and O–H groups in total. The lowest BCUT2D eigenvalue weighted by atomic mass is 10.3. The fourth-order valence-corrected chi connectivity index (χ4v) is 1.57. The van der Waals surface area contributed by atoms with Crippen molar-refractivity contribution in [3.63, 3.8) is 0 Å². The van der Waals surface area contributed by atoms with Crippen molar-refractivity contribution < 1.29 is 4.74 Å². The largest absolute Gasteiger partial charge is 0.378 e. The second-order valence-electron chi connectivity index (χ2n) is 2.38. The Morgan fingerprint density at radius 3 is 3.00 bits per heavy atom. The Morgan fingerprint density at radius 2 is 2.55 bits per heavy atom. The number of aromatic nitrogens is 1. The van der Waals surface area contributed by atoms with Crippen LogP contribution in [-0.2, 0) is 11.3 Å². The molecule has 1 aromatic rings. The van der Waals surface area contributed by atoms with Gasteiger partial charge in [-0.3, -0.25) is 0 Å². The minimum atomic E-state index is 0.0816. The van der Waals surface area contributed by atoms with Gasteiger partial charge in [-0.05, 0) is 6.92 Å². The first-order valence-electron chi connectivity index (χ1n) is 3.43. The lowest BCUT2D eigenvalue weighted by Crippen LogP contribution is -2.01. The zero-order chi connectivity index (χ0) is 8.27. The SMILES string of the molecule is COCc1ncc(C(C)N)s1. The smallest absolute Gasteiger partial charge is 0.119 e. The average molecular weight is 172 g/mol. The van der Waals surface area contributed by atoms with Crippen LogP contribution in [0.5, 0.6) is 0 Å². The summed E-state index contributed by atoms with van der Waals surface area (Å²) in [4.78, 5) is 5.25. The number of methoxy groups -OCH3 is 1. The van der Waals surface area contributed by atoms with Gasteiger partial charge in [-0.1, -0.05) is 0 Å². The Morgan fingerprint density at radius 1 is 1.82 bits per heavy atom. The Kier molecular flexibility index (Phi) is 2.99. The fraction of sp³-hybridized carbons (Fsp3) is 0.571. The van der Waals surface area contributed by atoms with Crippen LogP contribution in [-0.4, -0.2) is 12.1 Å². The summed E-state index contributed by atoms with van der Waals surface area (Å²) < 4.78 is 4.93. The van der Waals surface area contributed by atoms with Crippen molar-refractivity contribution >= 4 is 11.3 Å². The molecule has 1 aromatic heterocycles. The highest BCUT2D eigenvalue weighted by molar-refractivity contribution is 7.11. The molecule has 1 rings (SSSR count). The minimum Gasteiger partial charge on any atom is -0.378 e. The van der Waals surface area contributed by atoms with Gasteiger partial charge in [0.2, 0.25) is 0 Å². The van der Waals surface area contributed by atoms with E-state index < -0.39 is 0 Å². The van der Waals surface area contributed by atoms with E-state index in [-0.39, 0.29) is 6.04 Å². The minimum absolute atomic E-state index is 0.0816. The maximum absolute atomic E-state index is 5.65. The van der Waals surface area contributed by atoms with E-state index >= 15 is 0 Å². The van der Waals surface area contributed by atoms with E-state index in [4.69, 9.17) is 10.5 Å². The van der Waals surface area contributed by atoms with Crippen LogP contribution >= 0.6 is 11.3 Å². The molecule has 11 heavy (non-hydrogen) atoms. The molecule has 0 aliphatic rings. The number of rotatable bonds is 3. The van der Waals surface area contributed by atoms with E-state index in [9.17, 15) is 0 Å². The first kappa shape index (κ1) is 8.64. The maximum atomic E-state index is 5.65. The molecule has 4 heteroatoms. The number of nitrogens with two attached hydrogens (primary N) is 1. The third-order valence-electron chi connectivity index (χ3n) is 1.29. The Labute approximate surface area is 70.2 Å². The normalized spacial score (nSPS) is 13.4. The molecule has 0 saturated heterocycles.